The van der Waals surface area contributed by atoms with Gasteiger partial charge in [0.05, 0.1) is 10.6 Å². The molecule has 0 amide bonds. The van der Waals surface area contributed by atoms with Crippen LogP contribution < -0.4 is 5.73 Å². The third-order valence-electron chi connectivity index (χ3n) is 4.73. The first-order valence-corrected chi connectivity index (χ1v) is 11.5. The van der Waals surface area contributed by atoms with Crippen molar-refractivity contribution >= 4 is 24.0 Å². The summed E-state index contributed by atoms with van der Waals surface area (Å²) in [4.78, 5) is 0.360. The molecule has 6 heteroatoms. The van der Waals surface area contributed by atoms with E-state index in [2.05, 4.69) is 33.9 Å². The van der Waals surface area contributed by atoms with Gasteiger partial charge >= 0.3 is 0 Å². The van der Waals surface area contributed by atoms with Gasteiger partial charge in [-0.1, -0.05) is 64.2 Å². The fourth-order valence-electron chi connectivity index (χ4n) is 2.24. The van der Waals surface area contributed by atoms with Gasteiger partial charge in [-0.25, -0.2) is 12.4 Å². The normalized spacial score (nSPS) is 21.8. The molecule has 0 aliphatic carbocycles. The van der Waals surface area contributed by atoms with Crippen molar-refractivity contribution in [2.75, 3.05) is 6.54 Å². The summed E-state index contributed by atoms with van der Waals surface area (Å²) < 4.78 is 27.0. The van der Waals surface area contributed by atoms with Gasteiger partial charge in [0.15, 0.2) is 0 Å². The summed E-state index contributed by atoms with van der Waals surface area (Å²) in [7, 11) is -5.49. The molecule has 2 N–H and O–H groups in total. The number of hydrogen-bond donors (Lipinski definition) is 1. The van der Waals surface area contributed by atoms with Crippen LogP contribution in [0.3, 0.4) is 0 Å². The first-order valence-electron chi connectivity index (χ1n) is 7.06. The number of benzene rings is 1. The summed E-state index contributed by atoms with van der Waals surface area (Å²) in [5.74, 6) is 0. The molecule has 4 nitrogen and oxygen atoms in total. The largest absolute Gasteiger partial charge is 0.397 e. The molecule has 0 atom stereocenters. The van der Waals surface area contributed by atoms with Gasteiger partial charge in [-0.05, 0) is 10.6 Å². The molecule has 0 saturated carbocycles. The summed E-state index contributed by atoms with van der Waals surface area (Å²) >= 11 is 0. The lowest BCUT2D eigenvalue weighted by Crippen LogP contribution is -2.64. The Kier molecular flexibility index (Phi) is 3.84. The average molecular weight is 325 g/mol. The van der Waals surface area contributed by atoms with Crippen LogP contribution in [-0.4, -0.2) is 27.2 Å². The van der Waals surface area contributed by atoms with Gasteiger partial charge in [0.25, 0.3) is 0 Å². The van der Waals surface area contributed by atoms with Gasteiger partial charge in [-0.2, -0.15) is 0 Å². The van der Waals surface area contributed by atoms with E-state index in [-0.39, 0.29) is 5.04 Å². The molecule has 0 aromatic heterocycles. The molecule has 1 aromatic rings. The van der Waals surface area contributed by atoms with E-state index in [0.29, 0.717) is 17.1 Å². The Balaban J connectivity index is 2.40. The lowest BCUT2D eigenvalue weighted by atomic mass is 10.1. The number of nitrogens with two attached hydrogens (primary N) is 1. The fourth-order valence-corrected chi connectivity index (χ4v) is 8.25. The lowest BCUT2D eigenvalue weighted by molar-refractivity contribution is 0.496. The molecule has 0 bridgehead atoms. The van der Waals surface area contributed by atoms with E-state index in [1.54, 1.807) is 3.97 Å². The van der Waals surface area contributed by atoms with Crippen molar-refractivity contribution in [2.45, 2.75) is 38.9 Å². The molecule has 1 aromatic carbocycles. The average Bonchev–Trinajstić information content (AvgIpc) is 2.36. The Morgan fingerprint density at radius 2 is 1.71 bits per heavy atom. The highest BCUT2D eigenvalue weighted by Gasteiger charge is 2.54. The van der Waals surface area contributed by atoms with Gasteiger partial charge in [0.2, 0.25) is 10.0 Å². The van der Waals surface area contributed by atoms with Crippen LogP contribution in [0.4, 0.5) is 0 Å². The van der Waals surface area contributed by atoms with Crippen molar-refractivity contribution in [1.82, 2.24) is 3.97 Å². The minimum Gasteiger partial charge on any atom is -0.397 e. The van der Waals surface area contributed by atoms with Crippen LogP contribution in [0.1, 0.15) is 26.3 Å². The molecule has 2 rings (SSSR count). The van der Waals surface area contributed by atoms with E-state index < -0.39 is 18.3 Å². The zero-order chi connectivity index (χ0) is 16.1. The zero-order valence-electron chi connectivity index (χ0n) is 13.3. The SMILES string of the molecule is CC(C)(C)[Si](C)(C)N1C/C(=C(\N)c2ccccc2)S1(=O)=O. The summed E-state index contributed by atoms with van der Waals surface area (Å²) in [6.45, 7) is 10.9. The van der Waals surface area contributed by atoms with Gasteiger partial charge in [0.1, 0.15) is 8.24 Å². The Hall–Kier alpha value is -1.11. The van der Waals surface area contributed by atoms with Gasteiger partial charge in [-0.3, -0.25) is 0 Å². The maximum atomic E-state index is 12.7. The predicted octanol–water partition coefficient (Wildman–Crippen LogP) is 2.96. The van der Waals surface area contributed by atoms with E-state index in [4.69, 9.17) is 5.73 Å². The highest BCUT2D eigenvalue weighted by Crippen LogP contribution is 2.45. The Labute approximate surface area is 128 Å². The molecule has 1 saturated heterocycles. The molecule has 1 fully saturated rings. The third-order valence-corrected chi connectivity index (χ3v) is 13.6. The maximum absolute atomic E-state index is 12.7. The summed E-state index contributed by atoms with van der Waals surface area (Å²) in [5.41, 5.74) is 7.23. The van der Waals surface area contributed by atoms with Gasteiger partial charge in [-0.15, -0.1) is 0 Å². The minimum atomic E-state index is -3.40. The highest BCUT2D eigenvalue weighted by molar-refractivity contribution is 7.96. The molecule has 1 aliphatic heterocycles. The Bertz CT molecular complexity index is 673. The van der Waals surface area contributed by atoms with Crippen molar-refractivity contribution < 1.29 is 8.42 Å². The van der Waals surface area contributed by atoms with E-state index in [0.717, 1.165) is 5.56 Å². The first-order chi connectivity index (χ1) is 9.49. The molecular weight excluding hydrogens is 300 g/mol. The van der Waals surface area contributed by atoms with Crippen LogP contribution in [0.2, 0.25) is 18.1 Å². The van der Waals surface area contributed by atoms with Crippen LogP contribution in [0.15, 0.2) is 35.2 Å². The summed E-state index contributed by atoms with van der Waals surface area (Å²) in [6.07, 6.45) is 0. The molecule has 0 radical (unpaired) electrons. The number of hydrogen-bond acceptors (Lipinski definition) is 3. The first kappa shape index (κ1) is 16.3. The summed E-state index contributed by atoms with van der Waals surface area (Å²) in [5, 5.41) is -0.0207. The lowest BCUT2D eigenvalue weighted by Gasteiger charge is -2.50. The van der Waals surface area contributed by atoms with Gasteiger partial charge in [0, 0.05) is 6.54 Å². The van der Waals surface area contributed by atoms with Crippen molar-refractivity contribution in [3.05, 3.63) is 40.8 Å². The predicted molar refractivity (Wildman–Crippen MR) is 90.4 cm³/mol. The second kappa shape index (κ2) is 4.96. The van der Waals surface area contributed by atoms with Crippen molar-refractivity contribution in [1.29, 1.82) is 0 Å². The van der Waals surface area contributed by atoms with Crippen molar-refractivity contribution in [2.24, 2.45) is 5.73 Å². The second-order valence-corrected chi connectivity index (χ2v) is 14.4. The molecular formula is C15H24N2O2SSi. The van der Waals surface area contributed by atoms with Gasteiger partial charge < -0.3 is 5.73 Å². The second-order valence-electron chi connectivity index (χ2n) is 7.02. The quantitative estimate of drug-likeness (QED) is 0.851. The monoisotopic (exact) mass is 324 g/mol. The van der Waals surface area contributed by atoms with Crippen LogP contribution in [0, 0.1) is 0 Å². The topological polar surface area (TPSA) is 63.4 Å². The Morgan fingerprint density at radius 1 is 1.19 bits per heavy atom. The summed E-state index contributed by atoms with van der Waals surface area (Å²) in [6, 6.07) is 9.29. The van der Waals surface area contributed by atoms with E-state index >= 15 is 0 Å². The molecule has 1 aliphatic rings. The molecule has 1 heterocycles. The van der Waals surface area contributed by atoms with Crippen molar-refractivity contribution in [3.8, 4) is 0 Å². The smallest absolute Gasteiger partial charge is 0.237 e. The molecule has 21 heavy (non-hydrogen) atoms. The third kappa shape index (κ3) is 2.56. The highest BCUT2D eigenvalue weighted by atomic mass is 32.2. The van der Waals surface area contributed by atoms with E-state index in [1.807, 2.05) is 30.3 Å². The van der Waals surface area contributed by atoms with Crippen LogP contribution in [0.25, 0.3) is 5.70 Å². The number of nitrogens with zero attached hydrogens (tertiary/aromatic N) is 1. The molecule has 0 spiro atoms. The van der Waals surface area contributed by atoms with Crippen LogP contribution in [-0.2, 0) is 10.0 Å². The fraction of sp³-hybridized carbons (Fsp3) is 0.467. The van der Waals surface area contributed by atoms with E-state index in [1.165, 1.54) is 0 Å². The minimum absolute atomic E-state index is 0.0207. The Morgan fingerprint density at radius 3 is 2.14 bits per heavy atom. The standard InChI is InChI=1S/C15H24N2O2SSi/c1-15(2,3)21(4,5)17-11-13(20(17,18)19)14(16)12-9-7-6-8-10-12/h6-10H,11,16H2,1-5H3/b14-13+. The van der Waals surface area contributed by atoms with Crippen molar-refractivity contribution in [3.63, 3.8) is 0 Å². The maximum Gasteiger partial charge on any atom is 0.237 e. The zero-order valence-corrected chi connectivity index (χ0v) is 15.2. The molecule has 0 unspecified atom stereocenters. The number of rotatable bonds is 2. The van der Waals surface area contributed by atoms with Crippen LogP contribution >= 0.6 is 0 Å². The number of sulfonamides is 1. The van der Waals surface area contributed by atoms with E-state index in [9.17, 15) is 8.42 Å². The van der Waals surface area contributed by atoms with Crippen LogP contribution in [0.5, 0.6) is 0 Å². The molecule has 116 valence electrons.